The van der Waals surface area contributed by atoms with Crippen molar-refractivity contribution in [2.45, 2.75) is 57.5 Å². The van der Waals surface area contributed by atoms with Gasteiger partial charge in [0.25, 0.3) is 0 Å². The smallest absolute Gasteiger partial charge is 0.324 e. The highest BCUT2D eigenvalue weighted by atomic mass is 32.2. The second-order valence-electron chi connectivity index (χ2n) is 10.1. The number of hydrogen-bond acceptors (Lipinski definition) is 7. The van der Waals surface area contributed by atoms with E-state index in [4.69, 9.17) is 0 Å². The standard InChI is InChI=1S/C28H32F3N5O3S/c1-36(40(2,38)39)26-20(11-7-15-32-26)13-14-24-23(28(29,30)31)18-33-27(35-24)34-22-12-6-10-21(17-22)25(37)16-19-8-4-3-5-9-19/h6-7,10-12,15,17-19H,3-5,8-9,13-14,16H2,1-2H3,(H,33,34,35). The number of rotatable bonds is 10. The molecule has 2 aromatic heterocycles. The van der Waals surface area contributed by atoms with Gasteiger partial charge in [-0.05, 0) is 42.5 Å². The number of Topliss-reactive ketones (excluding diaryl/α,β-unsaturated/α-hetero) is 1. The molecular formula is C28H32F3N5O3S. The first-order valence-corrected chi connectivity index (χ1v) is 15.0. The maximum absolute atomic E-state index is 13.8. The number of anilines is 3. The number of sulfonamides is 1. The molecule has 0 radical (unpaired) electrons. The molecule has 1 aromatic carbocycles. The number of carbonyl (C=O) groups is 1. The summed E-state index contributed by atoms with van der Waals surface area (Å²) >= 11 is 0. The predicted molar refractivity (Wildman–Crippen MR) is 147 cm³/mol. The zero-order chi connectivity index (χ0) is 28.9. The molecule has 0 atom stereocenters. The van der Waals surface area contributed by atoms with E-state index in [-0.39, 0.29) is 36.1 Å². The minimum Gasteiger partial charge on any atom is -0.324 e. The number of benzene rings is 1. The zero-order valence-corrected chi connectivity index (χ0v) is 23.2. The molecule has 12 heteroatoms. The number of hydrogen-bond donors (Lipinski definition) is 1. The van der Waals surface area contributed by atoms with Gasteiger partial charge in [-0.2, -0.15) is 13.2 Å². The number of ketones is 1. The predicted octanol–water partition coefficient (Wildman–Crippen LogP) is 5.97. The number of carbonyl (C=O) groups excluding carboxylic acids is 1. The molecule has 40 heavy (non-hydrogen) atoms. The van der Waals surface area contributed by atoms with Crippen LogP contribution in [0.5, 0.6) is 0 Å². The summed E-state index contributed by atoms with van der Waals surface area (Å²) in [6.07, 6.45) is 4.50. The van der Waals surface area contributed by atoms with Gasteiger partial charge in [0.1, 0.15) is 5.82 Å². The Balaban J connectivity index is 1.54. The molecule has 8 nitrogen and oxygen atoms in total. The van der Waals surface area contributed by atoms with Crippen LogP contribution in [0.25, 0.3) is 0 Å². The molecule has 2 heterocycles. The molecule has 1 N–H and O–H groups in total. The molecule has 3 aromatic rings. The average Bonchev–Trinajstić information content (AvgIpc) is 2.91. The molecule has 1 aliphatic carbocycles. The molecule has 1 fully saturated rings. The van der Waals surface area contributed by atoms with E-state index in [2.05, 4.69) is 20.3 Å². The fourth-order valence-corrected chi connectivity index (χ4v) is 5.37. The third kappa shape index (κ3) is 7.56. The topological polar surface area (TPSA) is 105 Å². The molecule has 0 bridgehead atoms. The van der Waals surface area contributed by atoms with Crippen LogP contribution in [0, 0.1) is 5.92 Å². The SMILES string of the molecule is CN(c1ncccc1CCc1nc(Nc2cccc(C(=O)CC3CCCCC3)c2)ncc1C(F)(F)F)S(C)(=O)=O. The first-order chi connectivity index (χ1) is 18.9. The number of aryl methyl sites for hydroxylation is 2. The lowest BCUT2D eigenvalue weighted by Crippen LogP contribution is -2.27. The highest BCUT2D eigenvalue weighted by Gasteiger charge is 2.35. The van der Waals surface area contributed by atoms with Gasteiger partial charge in [-0.3, -0.25) is 9.10 Å². The van der Waals surface area contributed by atoms with E-state index in [0.29, 0.717) is 29.2 Å². The average molecular weight is 576 g/mol. The van der Waals surface area contributed by atoms with Crippen LogP contribution in [0.15, 0.2) is 48.8 Å². The second kappa shape index (κ2) is 12.3. The second-order valence-corrected chi connectivity index (χ2v) is 12.1. The first kappa shape index (κ1) is 29.4. The summed E-state index contributed by atoms with van der Waals surface area (Å²) in [6, 6.07) is 10.0. The Bertz CT molecular complexity index is 1460. The van der Waals surface area contributed by atoms with Gasteiger partial charge in [-0.1, -0.05) is 50.3 Å². The van der Waals surface area contributed by atoms with Gasteiger partial charge in [0, 0.05) is 37.1 Å². The number of nitrogens with zero attached hydrogens (tertiary/aromatic N) is 4. The Morgan fingerprint density at radius 1 is 1.07 bits per heavy atom. The monoisotopic (exact) mass is 575 g/mol. The molecule has 0 amide bonds. The fourth-order valence-electron chi connectivity index (χ4n) is 4.89. The summed E-state index contributed by atoms with van der Waals surface area (Å²) in [5.74, 6) is 0.521. The lowest BCUT2D eigenvalue weighted by atomic mass is 9.85. The molecule has 0 spiro atoms. The van der Waals surface area contributed by atoms with E-state index in [9.17, 15) is 26.4 Å². The van der Waals surface area contributed by atoms with E-state index in [1.54, 1.807) is 36.4 Å². The van der Waals surface area contributed by atoms with Crippen molar-refractivity contribution >= 4 is 33.3 Å². The molecular weight excluding hydrogens is 543 g/mol. The van der Waals surface area contributed by atoms with E-state index < -0.39 is 21.8 Å². The van der Waals surface area contributed by atoms with E-state index >= 15 is 0 Å². The van der Waals surface area contributed by atoms with Crippen LogP contribution >= 0.6 is 0 Å². The number of aromatic nitrogens is 3. The van der Waals surface area contributed by atoms with Crippen LogP contribution in [0.3, 0.4) is 0 Å². The highest BCUT2D eigenvalue weighted by Crippen LogP contribution is 2.33. The van der Waals surface area contributed by atoms with Crippen LogP contribution in [0.2, 0.25) is 0 Å². The van der Waals surface area contributed by atoms with Gasteiger partial charge in [0.15, 0.2) is 5.78 Å². The van der Waals surface area contributed by atoms with Crippen LogP contribution in [-0.2, 0) is 29.0 Å². The van der Waals surface area contributed by atoms with Crippen molar-refractivity contribution in [3.05, 3.63) is 71.2 Å². The van der Waals surface area contributed by atoms with E-state index in [0.717, 1.165) is 42.4 Å². The van der Waals surface area contributed by atoms with Crippen LogP contribution in [0.4, 0.5) is 30.6 Å². The van der Waals surface area contributed by atoms with Gasteiger partial charge in [0.2, 0.25) is 16.0 Å². The van der Waals surface area contributed by atoms with Gasteiger partial charge >= 0.3 is 6.18 Å². The highest BCUT2D eigenvalue weighted by molar-refractivity contribution is 7.92. The lowest BCUT2D eigenvalue weighted by Gasteiger charge is -2.20. The third-order valence-corrected chi connectivity index (χ3v) is 8.27. The van der Waals surface area contributed by atoms with Crippen molar-refractivity contribution < 1.29 is 26.4 Å². The van der Waals surface area contributed by atoms with E-state index in [1.807, 2.05) is 0 Å². The summed E-state index contributed by atoms with van der Waals surface area (Å²) in [4.78, 5) is 25.0. The summed E-state index contributed by atoms with van der Waals surface area (Å²) in [6.45, 7) is 0. The Hall–Kier alpha value is -3.54. The molecule has 4 rings (SSSR count). The van der Waals surface area contributed by atoms with Crippen molar-refractivity contribution in [2.24, 2.45) is 5.92 Å². The molecule has 0 saturated heterocycles. The summed E-state index contributed by atoms with van der Waals surface area (Å²) in [5, 5.41) is 2.93. The number of alkyl halides is 3. The molecule has 1 saturated carbocycles. The van der Waals surface area contributed by atoms with Gasteiger partial charge in [0.05, 0.1) is 17.5 Å². The molecule has 0 unspecified atom stereocenters. The van der Waals surface area contributed by atoms with Crippen molar-refractivity contribution in [2.75, 3.05) is 22.9 Å². The van der Waals surface area contributed by atoms with Crippen molar-refractivity contribution in [3.8, 4) is 0 Å². The van der Waals surface area contributed by atoms with Crippen LogP contribution < -0.4 is 9.62 Å². The third-order valence-electron chi connectivity index (χ3n) is 7.11. The van der Waals surface area contributed by atoms with Crippen LogP contribution in [0.1, 0.15) is 65.7 Å². The zero-order valence-electron chi connectivity index (χ0n) is 22.4. The minimum atomic E-state index is -4.68. The summed E-state index contributed by atoms with van der Waals surface area (Å²) < 4.78 is 66.4. The minimum absolute atomic E-state index is 0.0379. The quantitative estimate of drug-likeness (QED) is 0.297. The van der Waals surface area contributed by atoms with Gasteiger partial charge in [-0.25, -0.2) is 23.4 Å². The Kier molecular flexibility index (Phi) is 9.07. The largest absolute Gasteiger partial charge is 0.419 e. The lowest BCUT2D eigenvalue weighted by molar-refractivity contribution is -0.138. The maximum atomic E-state index is 13.8. The van der Waals surface area contributed by atoms with Crippen molar-refractivity contribution in [1.29, 1.82) is 0 Å². The van der Waals surface area contributed by atoms with Crippen molar-refractivity contribution in [1.82, 2.24) is 15.0 Å². The molecule has 1 aliphatic rings. The Morgan fingerprint density at radius 2 is 1.82 bits per heavy atom. The number of nitrogens with one attached hydrogen (secondary N) is 1. The summed E-state index contributed by atoms with van der Waals surface area (Å²) in [5.41, 5.74) is 0.259. The van der Waals surface area contributed by atoms with Crippen molar-refractivity contribution in [3.63, 3.8) is 0 Å². The molecule has 214 valence electrons. The van der Waals surface area contributed by atoms with Gasteiger partial charge < -0.3 is 5.32 Å². The number of halogens is 3. The first-order valence-electron chi connectivity index (χ1n) is 13.1. The van der Waals surface area contributed by atoms with Crippen LogP contribution in [-0.4, -0.2) is 42.5 Å². The summed E-state index contributed by atoms with van der Waals surface area (Å²) in [7, 11) is -2.28. The Labute approximate surface area is 232 Å². The fraction of sp³-hybridized carbons (Fsp3) is 0.429. The maximum Gasteiger partial charge on any atom is 0.419 e. The molecule has 0 aliphatic heterocycles. The number of pyridine rings is 1. The van der Waals surface area contributed by atoms with E-state index in [1.165, 1.54) is 19.7 Å². The Morgan fingerprint density at radius 3 is 2.52 bits per heavy atom. The normalized spacial score (nSPS) is 14.6. The van der Waals surface area contributed by atoms with Gasteiger partial charge in [-0.15, -0.1) is 0 Å².